The number of nitrogens with one attached hydrogen (secondary N) is 1. The standard InChI is InChI=1S/C19H15BrClN3O5/c1-3-29-17-8-11(7-14(20)18(17)28-2)6-12(10-22)19(25)23-16-5-4-13(24(26)27)9-15(16)21/h4-9H,3H2,1-2H3,(H,23,25)/b12-6+. The molecule has 0 fully saturated rings. The average molecular weight is 481 g/mol. The number of carbonyl (C=O) groups is 1. The van der Waals surface area contributed by atoms with E-state index in [4.69, 9.17) is 21.1 Å². The van der Waals surface area contributed by atoms with Crippen molar-refractivity contribution >= 4 is 50.9 Å². The van der Waals surface area contributed by atoms with Crippen LogP contribution in [0.5, 0.6) is 11.5 Å². The maximum absolute atomic E-state index is 12.5. The monoisotopic (exact) mass is 479 g/mol. The molecule has 2 aromatic carbocycles. The zero-order chi connectivity index (χ0) is 21.6. The molecular weight excluding hydrogens is 466 g/mol. The molecule has 29 heavy (non-hydrogen) atoms. The van der Waals surface area contributed by atoms with Crippen LogP contribution in [0.4, 0.5) is 11.4 Å². The molecule has 0 heterocycles. The molecule has 0 aliphatic heterocycles. The summed E-state index contributed by atoms with van der Waals surface area (Å²) < 4.78 is 11.4. The fourth-order valence-corrected chi connectivity index (χ4v) is 3.20. The summed E-state index contributed by atoms with van der Waals surface area (Å²) in [6, 6.07) is 8.75. The highest BCUT2D eigenvalue weighted by Crippen LogP contribution is 2.37. The number of non-ortho nitro benzene ring substituents is 1. The maximum atomic E-state index is 12.5. The quantitative estimate of drug-likeness (QED) is 0.259. The van der Waals surface area contributed by atoms with E-state index in [-0.39, 0.29) is 22.0 Å². The Morgan fingerprint density at radius 1 is 1.41 bits per heavy atom. The van der Waals surface area contributed by atoms with Crippen LogP contribution in [0.25, 0.3) is 6.08 Å². The number of nitrogens with zero attached hydrogens (tertiary/aromatic N) is 2. The molecule has 8 nitrogen and oxygen atoms in total. The van der Waals surface area contributed by atoms with Crippen LogP contribution in [-0.2, 0) is 4.79 Å². The number of rotatable bonds is 7. The molecule has 0 atom stereocenters. The number of benzene rings is 2. The Bertz CT molecular complexity index is 1030. The van der Waals surface area contributed by atoms with Gasteiger partial charge in [0.2, 0.25) is 0 Å². The molecule has 0 aliphatic carbocycles. The Kier molecular flexibility index (Phi) is 7.59. The maximum Gasteiger partial charge on any atom is 0.271 e. The number of halogens is 2. The van der Waals surface area contributed by atoms with E-state index in [1.165, 1.54) is 25.3 Å². The third-order valence-corrected chi connectivity index (χ3v) is 4.53. The van der Waals surface area contributed by atoms with Crippen LogP contribution in [0.3, 0.4) is 0 Å². The van der Waals surface area contributed by atoms with Gasteiger partial charge >= 0.3 is 0 Å². The van der Waals surface area contributed by atoms with Gasteiger partial charge in [0.15, 0.2) is 11.5 Å². The van der Waals surface area contributed by atoms with Crippen LogP contribution >= 0.6 is 27.5 Å². The van der Waals surface area contributed by atoms with Crippen LogP contribution in [0.15, 0.2) is 40.4 Å². The summed E-state index contributed by atoms with van der Waals surface area (Å²) >= 11 is 9.35. The molecule has 0 saturated heterocycles. The number of nitriles is 1. The molecule has 1 N–H and O–H groups in total. The van der Waals surface area contributed by atoms with E-state index < -0.39 is 10.8 Å². The molecule has 1 amide bonds. The number of hydrogen-bond donors (Lipinski definition) is 1. The van der Waals surface area contributed by atoms with Gasteiger partial charge in [-0.25, -0.2) is 0 Å². The summed E-state index contributed by atoms with van der Waals surface area (Å²) in [6.07, 6.45) is 1.38. The first-order valence-corrected chi connectivity index (χ1v) is 9.35. The smallest absolute Gasteiger partial charge is 0.271 e. The highest BCUT2D eigenvalue weighted by Gasteiger charge is 2.16. The van der Waals surface area contributed by atoms with Crippen molar-refractivity contribution in [3.63, 3.8) is 0 Å². The Labute approximate surface area is 180 Å². The summed E-state index contributed by atoms with van der Waals surface area (Å²) in [5, 5.41) is 22.6. The summed E-state index contributed by atoms with van der Waals surface area (Å²) in [5.74, 6) is 0.226. The lowest BCUT2D eigenvalue weighted by atomic mass is 10.1. The van der Waals surface area contributed by atoms with Crippen molar-refractivity contribution in [1.82, 2.24) is 0 Å². The van der Waals surface area contributed by atoms with E-state index in [2.05, 4.69) is 21.2 Å². The first-order valence-electron chi connectivity index (χ1n) is 8.18. The number of carbonyl (C=O) groups excluding carboxylic acids is 1. The molecule has 0 saturated carbocycles. The molecule has 150 valence electrons. The zero-order valence-corrected chi connectivity index (χ0v) is 17.7. The van der Waals surface area contributed by atoms with E-state index in [0.717, 1.165) is 6.07 Å². The van der Waals surface area contributed by atoms with Crippen molar-refractivity contribution in [2.45, 2.75) is 6.92 Å². The topological polar surface area (TPSA) is 114 Å². The first-order chi connectivity index (χ1) is 13.8. The fourth-order valence-electron chi connectivity index (χ4n) is 2.36. The van der Waals surface area contributed by atoms with Crippen molar-refractivity contribution in [3.8, 4) is 17.6 Å². The second kappa shape index (κ2) is 9.91. The molecule has 0 spiro atoms. The van der Waals surface area contributed by atoms with Gasteiger partial charge in [-0.3, -0.25) is 14.9 Å². The van der Waals surface area contributed by atoms with Gasteiger partial charge in [-0.15, -0.1) is 0 Å². The highest BCUT2D eigenvalue weighted by atomic mass is 79.9. The van der Waals surface area contributed by atoms with Crippen LogP contribution < -0.4 is 14.8 Å². The van der Waals surface area contributed by atoms with Gasteiger partial charge in [-0.1, -0.05) is 11.6 Å². The molecule has 0 radical (unpaired) electrons. The van der Waals surface area contributed by atoms with Crippen LogP contribution in [0.2, 0.25) is 5.02 Å². The average Bonchev–Trinajstić information content (AvgIpc) is 2.67. The zero-order valence-electron chi connectivity index (χ0n) is 15.4. The minimum Gasteiger partial charge on any atom is -0.492 e. The Morgan fingerprint density at radius 2 is 2.14 bits per heavy atom. The van der Waals surface area contributed by atoms with Gasteiger partial charge < -0.3 is 14.8 Å². The normalized spacial score (nSPS) is 10.8. The molecule has 2 aromatic rings. The number of hydrogen-bond acceptors (Lipinski definition) is 6. The third kappa shape index (κ3) is 5.47. The fraction of sp³-hybridized carbons (Fsp3) is 0.158. The van der Waals surface area contributed by atoms with Gasteiger partial charge in [-0.2, -0.15) is 5.26 Å². The number of amides is 1. The van der Waals surface area contributed by atoms with Crippen molar-refractivity contribution in [2.75, 3.05) is 19.0 Å². The number of nitro groups is 1. The van der Waals surface area contributed by atoms with Crippen molar-refractivity contribution in [2.24, 2.45) is 0 Å². The van der Waals surface area contributed by atoms with Crippen molar-refractivity contribution in [3.05, 3.63) is 61.1 Å². The minimum atomic E-state index is -0.715. The molecule has 10 heteroatoms. The van der Waals surface area contributed by atoms with Gasteiger partial charge in [0, 0.05) is 12.1 Å². The number of anilines is 1. The van der Waals surface area contributed by atoms with Crippen LogP contribution in [-0.4, -0.2) is 24.5 Å². The molecule has 2 rings (SSSR count). The first kappa shape index (κ1) is 22.2. The Morgan fingerprint density at radius 3 is 2.69 bits per heavy atom. The van der Waals surface area contributed by atoms with Gasteiger partial charge in [0.1, 0.15) is 11.6 Å². The molecule has 0 aliphatic rings. The molecule has 0 unspecified atom stereocenters. The predicted octanol–water partition coefficient (Wildman–Crippen LogP) is 4.96. The van der Waals surface area contributed by atoms with Gasteiger partial charge in [0.25, 0.3) is 11.6 Å². The number of methoxy groups -OCH3 is 1. The van der Waals surface area contributed by atoms with E-state index in [0.29, 0.717) is 28.1 Å². The minimum absolute atomic E-state index is 0.0179. The molecular formula is C19H15BrClN3O5. The molecule has 0 bridgehead atoms. The Balaban J connectivity index is 2.33. The second-order valence-corrected chi connectivity index (χ2v) is 6.77. The van der Waals surface area contributed by atoms with Gasteiger partial charge in [-0.05, 0) is 52.7 Å². The number of nitro benzene ring substituents is 1. The molecule has 0 aromatic heterocycles. The summed E-state index contributed by atoms with van der Waals surface area (Å²) in [4.78, 5) is 22.7. The number of ether oxygens (including phenoxy) is 2. The van der Waals surface area contributed by atoms with Crippen LogP contribution in [0.1, 0.15) is 12.5 Å². The lowest BCUT2D eigenvalue weighted by Crippen LogP contribution is -2.13. The van der Waals surface area contributed by atoms with Gasteiger partial charge in [0.05, 0.1) is 33.8 Å². The van der Waals surface area contributed by atoms with E-state index in [1.54, 1.807) is 12.1 Å². The SMILES string of the molecule is CCOc1cc(/C=C(\C#N)C(=O)Nc2ccc([N+](=O)[O-])cc2Cl)cc(Br)c1OC. The predicted molar refractivity (Wildman–Crippen MR) is 112 cm³/mol. The van der Waals surface area contributed by atoms with E-state index in [1.807, 2.05) is 13.0 Å². The highest BCUT2D eigenvalue weighted by molar-refractivity contribution is 9.10. The summed E-state index contributed by atoms with van der Waals surface area (Å²) in [7, 11) is 1.50. The lowest BCUT2D eigenvalue weighted by molar-refractivity contribution is -0.384. The van der Waals surface area contributed by atoms with Crippen molar-refractivity contribution < 1.29 is 19.2 Å². The largest absolute Gasteiger partial charge is 0.492 e. The van der Waals surface area contributed by atoms with Crippen molar-refractivity contribution in [1.29, 1.82) is 5.26 Å². The van der Waals surface area contributed by atoms with Crippen LogP contribution in [0, 0.1) is 21.4 Å². The van der Waals surface area contributed by atoms with E-state index >= 15 is 0 Å². The summed E-state index contributed by atoms with van der Waals surface area (Å²) in [6.45, 7) is 2.22. The summed E-state index contributed by atoms with van der Waals surface area (Å²) in [5.41, 5.74) is 0.270. The van der Waals surface area contributed by atoms with E-state index in [9.17, 15) is 20.2 Å². The second-order valence-electron chi connectivity index (χ2n) is 5.51. The Hall–Kier alpha value is -3.09. The third-order valence-electron chi connectivity index (χ3n) is 3.62. The lowest BCUT2D eigenvalue weighted by Gasteiger charge is -2.12.